The van der Waals surface area contributed by atoms with Crippen LogP contribution in [-0.2, 0) is 23.3 Å². The lowest BCUT2D eigenvalue weighted by molar-refractivity contribution is -0.132. The zero-order valence-electron chi connectivity index (χ0n) is 13.4. The predicted octanol–water partition coefficient (Wildman–Crippen LogP) is 3.87. The fraction of sp³-hybridized carbons (Fsp3) is 0.263. The molecule has 128 valence electrons. The van der Waals surface area contributed by atoms with E-state index in [9.17, 15) is 14.0 Å². The van der Waals surface area contributed by atoms with Gasteiger partial charge < -0.3 is 5.32 Å². The number of fused-ring (bicyclic) bond motifs is 2. The molecule has 0 radical (unpaired) electrons. The highest BCUT2D eigenvalue weighted by atomic mass is 79.9. The van der Waals surface area contributed by atoms with Gasteiger partial charge in [-0.3, -0.25) is 9.69 Å². The number of amides is 3. The average Bonchev–Trinajstić information content (AvgIpc) is 2.82. The van der Waals surface area contributed by atoms with E-state index in [2.05, 4.69) is 21.2 Å². The Hall–Kier alpha value is -2.21. The molecule has 1 aliphatic carbocycles. The molecule has 4 rings (SSSR count). The van der Waals surface area contributed by atoms with Gasteiger partial charge in [-0.15, -0.1) is 0 Å². The molecular weight excluding hydrogens is 387 g/mol. The molecule has 0 bridgehead atoms. The van der Waals surface area contributed by atoms with Gasteiger partial charge in [-0.25, -0.2) is 9.18 Å². The van der Waals surface area contributed by atoms with Crippen molar-refractivity contribution in [1.29, 1.82) is 0 Å². The summed E-state index contributed by atoms with van der Waals surface area (Å²) in [6.45, 7) is -0.0757. The zero-order chi connectivity index (χ0) is 17.6. The number of carbonyl (C=O) groups excluding carboxylic acids is 2. The summed E-state index contributed by atoms with van der Waals surface area (Å²) in [5.41, 5.74) is 1.24. The highest BCUT2D eigenvalue weighted by molar-refractivity contribution is 9.10. The maximum absolute atomic E-state index is 14.1. The molecule has 1 N–H and O–H groups in total. The van der Waals surface area contributed by atoms with Crippen molar-refractivity contribution in [2.24, 2.45) is 0 Å². The number of imide groups is 1. The number of aryl methyl sites for hydroxylation is 1. The first kappa shape index (κ1) is 16.3. The molecule has 1 atom stereocenters. The van der Waals surface area contributed by atoms with E-state index >= 15 is 0 Å². The van der Waals surface area contributed by atoms with E-state index in [0.29, 0.717) is 16.5 Å². The summed E-state index contributed by atoms with van der Waals surface area (Å²) < 4.78 is 14.7. The van der Waals surface area contributed by atoms with Crippen LogP contribution < -0.4 is 5.32 Å². The fourth-order valence-corrected chi connectivity index (χ4v) is 4.11. The van der Waals surface area contributed by atoms with Gasteiger partial charge >= 0.3 is 6.03 Å². The third-order valence-corrected chi connectivity index (χ3v) is 5.49. The Balaban J connectivity index is 1.70. The molecular formula is C19H16BrFN2O2. The molecule has 0 aromatic heterocycles. The topological polar surface area (TPSA) is 49.4 Å². The average molecular weight is 403 g/mol. The lowest BCUT2D eigenvalue weighted by Gasteiger charge is -2.33. The maximum atomic E-state index is 14.1. The molecule has 0 saturated carbocycles. The van der Waals surface area contributed by atoms with E-state index in [1.807, 2.05) is 24.3 Å². The van der Waals surface area contributed by atoms with Crippen LogP contribution in [-0.4, -0.2) is 16.8 Å². The fourth-order valence-electron chi connectivity index (χ4n) is 3.78. The standard InChI is InChI=1S/C19H16BrFN2O2/c20-14-8-7-13(16(21)10-14)11-23-17(24)19(22-18(23)25)9-3-5-12-4-1-2-6-15(12)19/h1-2,4,6-8,10H,3,5,9,11H2,(H,22,25). The summed E-state index contributed by atoms with van der Waals surface area (Å²) in [5.74, 6) is -0.744. The molecule has 2 aromatic carbocycles. The van der Waals surface area contributed by atoms with Gasteiger partial charge in [0.1, 0.15) is 11.4 Å². The molecule has 2 aromatic rings. The molecule has 4 nitrogen and oxygen atoms in total. The van der Waals surface area contributed by atoms with Gasteiger partial charge in [-0.1, -0.05) is 46.3 Å². The van der Waals surface area contributed by atoms with Crippen LogP contribution >= 0.6 is 15.9 Å². The molecule has 1 aliphatic heterocycles. The van der Waals surface area contributed by atoms with E-state index in [-0.39, 0.29) is 12.5 Å². The first-order valence-corrected chi connectivity index (χ1v) is 8.97. The number of carbonyl (C=O) groups is 2. The molecule has 1 saturated heterocycles. The highest BCUT2D eigenvalue weighted by Gasteiger charge is 2.53. The van der Waals surface area contributed by atoms with Crippen LogP contribution in [0.5, 0.6) is 0 Å². The first-order chi connectivity index (χ1) is 12.0. The summed E-state index contributed by atoms with van der Waals surface area (Å²) in [6.07, 6.45) is 2.28. The van der Waals surface area contributed by atoms with Crippen LogP contribution in [0.3, 0.4) is 0 Å². The van der Waals surface area contributed by atoms with Crippen LogP contribution in [0.15, 0.2) is 46.9 Å². The third-order valence-electron chi connectivity index (χ3n) is 4.99. The van der Waals surface area contributed by atoms with Crippen molar-refractivity contribution < 1.29 is 14.0 Å². The Kier molecular flexibility index (Phi) is 3.87. The van der Waals surface area contributed by atoms with Gasteiger partial charge in [0.15, 0.2) is 0 Å². The van der Waals surface area contributed by atoms with Gasteiger partial charge in [0.05, 0.1) is 6.54 Å². The monoisotopic (exact) mass is 402 g/mol. The minimum atomic E-state index is -1.02. The second-order valence-electron chi connectivity index (χ2n) is 6.47. The summed E-state index contributed by atoms with van der Waals surface area (Å²) in [4.78, 5) is 26.8. The van der Waals surface area contributed by atoms with Crippen LogP contribution in [0.4, 0.5) is 9.18 Å². The lowest BCUT2D eigenvalue weighted by Crippen LogP contribution is -2.46. The van der Waals surface area contributed by atoms with E-state index in [0.717, 1.165) is 28.9 Å². The quantitative estimate of drug-likeness (QED) is 0.775. The minimum Gasteiger partial charge on any atom is -0.319 e. The van der Waals surface area contributed by atoms with Gasteiger partial charge in [0.2, 0.25) is 0 Å². The smallest absolute Gasteiger partial charge is 0.319 e. The molecule has 1 heterocycles. The maximum Gasteiger partial charge on any atom is 0.325 e. The molecule has 2 aliphatic rings. The number of hydrogen-bond donors (Lipinski definition) is 1. The number of halogens is 2. The number of nitrogens with zero attached hydrogens (tertiary/aromatic N) is 1. The van der Waals surface area contributed by atoms with Crippen LogP contribution in [0.25, 0.3) is 0 Å². The Bertz CT molecular complexity index is 885. The van der Waals surface area contributed by atoms with Crippen LogP contribution in [0.1, 0.15) is 29.5 Å². The van der Waals surface area contributed by atoms with E-state index in [1.165, 1.54) is 6.07 Å². The summed E-state index contributed by atoms with van der Waals surface area (Å²) in [7, 11) is 0. The Labute approximate surface area is 153 Å². The van der Waals surface area contributed by atoms with E-state index < -0.39 is 17.4 Å². The lowest BCUT2D eigenvalue weighted by atomic mass is 9.76. The van der Waals surface area contributed by atoms with E-state index in [1.54, 1.807) is 12.1 Å². The Morgan fingerprint density at radius 1 is 1.20 bits per heavy atom. The van der Waals surface area contributed by atoms with Crippen molar-refractivity contribution in [2.75, 3.05) is 0 Å². The number of urea groups is 1. The van der Waals surface area contributed by atoms with Crippen molar-refractivity contribution in [1.82, 2.24) is 10.2 Å². The van der Waals surface area contributed by atoms with E-state index in [4.69, 9.17) is 0 Å². The van der Waals surface area contributed by atoms with Gasteiger partial charge in [-0.2, -0.15) is 0 Å². The second-order valence-corrected chi connectivity index (χ2v) is 7.39. The van der Waals surface area contributed by atoms with Crippen molar-refractivity contribution in [3.05, 3.63) is 69.4 Å². The summed E-state index contributed by atoms with van der Waals surface area (Å²) >= 11 is 3.21. The third kappa shape index (κ3) is 2.56. The van der Waals surface area contributed by atoms with Gasteiger partial charge in [0.25, 0.3) is 5.91 Å². The predicted molar refractivity (Wildman–Crippen MR) is 94.2 cm³/mol. The number of hydrogen-bond acceptors (Lipinski definition) is 2. The molecule has 1 fully saturated rings. The van der Waals surface area contributed by atoms with Crippen molar-refractivity contribution in [3.63, 3.8) is 0 Å². The normalized spacial score (nSPS) is 22.2. The minimum absolute atomic E-state index is 0.0757. The first-order valence-electron chi connectivity index (χ1n) is 8.18. The van der Waals surface area contributed by atoms with Crippen molar-refractivity contribution in [3.8, 4) is 0 Å². The van der Waals surface area contributed by atoms with Crippen molar-refractivity contribution >= 4 is 27.9 Å². The summed E-state index contributed by atoms with van der Waals surface area (Å²) in [6, 6.07) is 11.9. The highest BCUT2D eigenvalue weighted by Crippen LogP contribution is 2.40. The van der Waals surface area contributed by atoms with Gasteiger partial charge in [0, 0.05) is 10.0 Å². The summed E-state index contributed by atoms with van der Waals surface area (Å²) in [5, 5.41) is 2.88. The van der Waals surface area contributed by atoms with Crippen LogP contribution in [0, 0.1) is 5.82 Å². The molecule has 25 heavy (non-hydrogen) atoms. The number of nitrogens with one attached hydrogen (secondary N) is 1. The molecule has 3 amide bonds. The molecule has 1 spiro atoms. The zero-order valence-corrected chi connectivity index (χ0v) is 15.0. The van der Waals surface area contributed by atoms with Gasteiger partial charge in [-0.05, 0) is 42.5 Å². The van der Waals surface area contributed by atoms with Crippen LogP contribution in [0.2, 0.25) is 0 Å². The number of benzene rings is 2. The Morgan fingerprint density at radius 2 is 2.00 bits per heavy atom. The molecule has 6 heteroatoms. The van der Waals surface area contributed by atoms with Crippen molar-refractivity contribution in [2.45, 2.75) is 31.3 Å². The molecule has 1 unspecified atom stereocenters. The SMILES string of the molecule is O=C1NC2(CCCc3ccccc32)C(=O)N1Cc1ccc(Br)cc1F. The largest absolute Gasteiger partial charge is 0.325 e. The number of rotatable bonds is 2. The second kappa shape index (κ2) is 5.95. The Morgan fingerprint density at radius 3 is 2.80 bits per heavy atom.